The number of ether oxygens (including phenoxy) is 1. The van der Waals surface area contributed by atoms with Crippen LogP contribution in [0.3, 0.4) is 0 Å². The molecule has 3 fully saturated rings. The molecule has 0 heterocycles. The quantitative estimate of drug-likeness (QED) is 0.734. The number of carbonyl (C=O) groups excluding carboxylic acids is 3. The van der Waals surface area contributed by atoms with Crippen molar-refractivity contribution in [2.45, 2.75) is 70.1 Å². The van der Waals surface area contributed by atoms with Crippen LogP contribution in [0, 0.1) is 0 Å². The third-order valence-electron chi connectivity index (χ3n) is 5.60. The van der Waals surface area contributed by atoms with E-state index in [1.54, 1.807) is 0 Å². The van der Waals surface area contributed by atoms with Gasteiger partial charge in [0.15, 0.2) is 0 Å². The second kappa shape index (κ2) is 7.69. The lowest BCUT2D eigenvalue weighted by molar-refractivity contribution is -0.187. The summed E-state index contributed by atoms with van der Waals surface area (Å²) in [6.07, 6.45) is 2.51. The Morgan fingerprint density at radius 2 is 1.72 bits per heavy atom. The van der Waals surface area contributed by atoms with Crippen LogP contribution in [0.2, 0.25) is 0 Å². The maximum absolute atomic E-state index is 12.8. The van der Waals surface area contributed by atoms with E-state index >= 15 is 0 Å². The molecule has 3 saturated carbocycles. The van der Waals surface area contributed by atoms with Gasteiger partial charge in [0.2, 0.25) is 11.8 Å². The van der Waals surface area contributed by atoms with Crippen LogP contribution in [0.1, 0.15) is 52.5 Å². The zero-order valence-corrected chi connectivity index (χ0v) is 17.7. The Labute approximate surface area is 172 Å². The van der Waals surface area contributed by atoms with Crippen molar-refractivity contribution < 1.29 is 19.1 Å². The monoisotopic (exact) mass is 401 g/mol. The van der Waals surface area contributed by atoms with Crippen molar-refractivity contribution in [3.05, 3.63) is 35.9 Å². The minimum atomic E-state index is -0.540. The summed E-state index contributed by atoms with van der Waals surface area (Å²) in [6, 6.07) is 10.0. The first-order chi connectivity index (χ1) is 13.5. The molecule has 3 amide bonds. The topological polar surface area (TPSA) is 87.7 Å². The van der Waals surface area contributed by atoms with E-state index in [2.05, 4.69) is 10.6 Å². The summed E-state index contributed by atoms with van der Waals surface area (Å²) in [6.45, 7) is 7.50. The number of hydrogen-bond donors (Lipinski definition) is 2. The van der Waals surface area contributed by atoms with Crippen molar-refractivity contribution in [1.29, 1.82) is 0 Å². The van der Waals surface area contributed by atoms with Gasteiger partial charge in [-0.1, -0.05) is 30.3 Å². The van der Waals surface area contributed by atoms with Gasteiger partial charge in [0.25, 0.3) is 0 Å². The molecule has 0 spiro atoms. The maximum Gasteiger partial charge on any atom is 0.408 e. The normalized spacial score (nSPS) is 24.6. The van der Waals surface area contributed by atoms with Gasteiger partial charge in [0.05, 0.1) is 12.1 Å². The number of hydrogen-bond acceptors (Lipinski definition) is 4. The largest absolute Gasteiger partial charge is 0.444 e. The Hall–Kier alpha value is -2.57. The third kappa shape index (κ3) is 4.89. The van der Waals surface area contributed by atoms with Crippen LogP contribution in [0.15, 0.2) is 30.3 Å². The number of nitrogens with one attached hydrogen (secondary N) is 2. The SMILES string of the molecule is CC(=O)NCC(=O)N(CCc1ccccc1)C12CC(NC(=O)OC(C)(C)C)(C1)C2. The van der Waals surface area contributed by atoms with Gasteiger partial charge in [-0.25, -0.2) is 4.79 Å². The first kappa shape index (κ1) is 21.1. The van der Waals surface area contributed by atoms with E-state index in [9.17, 15) is 14.4 Å². The van der Waals surface area contributed by atoms with Gasteiger partial charge in [0, 0.05) is 19.0 Å². The van der Waals surface area contributed by atoms with Crippen molar-refractivity contribution in [3.8, 4) is 0 Å². The van der Waals surface area contributed by atoms with Gasteiger partial charge >= 0.3 is 6.09 Å². The van der Waals surface area contributed by atoms with Crippen LogP contribution < -0.4 is 10.6 Å². The van der Waals surface area contributed by atoms with E-state index in [1.165, 1.54) is 6.92 Å². The van der Waals surface area contributed by atoms with Crippen LogP contribution in [-0.4, -0.2) is 52.6 Å². The van der Waals surface area contributed by atoms with E-state index in [4.69, 9.17) is 4.74 Å². The lowest BCUT2D eigenvalue weighted by Gasteiger charge is -2.73. The van der Waals surface area contributed by atoms with Crippen molar-refractivity contribution >= 4 is 17.9 Å². The number of rotatable bonds is 7. The number of benzene rings is 1. The molecule has 4 rings (SSSR count). The first-order valence-electron chi connectivity index (χ1n) is 10.1. The summed E-state index contributed by atoms with van der Waals surface area (Å²) >= 11 is 0. The fourth-order valence-electron chi connectivity index (χ4n) is 4.48. The molecule has 158 valence electrons. The summed E-state index contributed by atoms with van der Waals surface area (Å²) in [5.74, 6) is -0.302. The van der Waals surface area contributed by atoms with Crippen molar-refractivity contribution in [3.63, 3.8) is 0 Å². The van der Waals surface area contributed by atoms with Crippen LogP contribution >= 0.6 is 0 Å². The minimum Gasteiger partial charge on any atom is -0.444 e. The molecule has 2 N–H and O–H groups in total. The fraction of sp³-hybridized carbons (Fsp3) is 0.591. The molecule has 7 heteroatoms. The molecule has 1 aromatic rings. The number of amides is 3. The maximum atomic E-state index is 12.8. The fourth-order valence-corrected chi connectivity index (χ4v) is 4.48. The highest BCUT2D eigenvalue weighted by Gasteiger charge is 2.72. The summed E-state index contributed by atoms with van der Waals surface area (Å²) in [5.41, 5.74) is 0.112. The second-order valence-corrected chi connectivity index (χ2v) is 9.35. The summed E-state index contributed by atoms with van der Waals surface area (Å²) in [7, 11) is 0. The standard InChI is InChI=1S/C22H31N3O4/c1-16(26)23-12-18(27)25(11-10-17-8-6-5-7-9-17)22-13-21(14-22,15-22)24-19(28)29-20(2,3)4/h5-9H,10-15H2,1-4H3,(H,23,26)(H,24,28). The Morgan fingerprint density at radius 1 is 1.10 bits per heavy atom. The molecule has 0 aromatic heterocycles. The molecular formula is C22H31N3O4. The predicted octanol–water partition coefficient (Wildman–Crippen LogP) is 2.39. The zero-order valence-electron chi connectivity index (χ0n) is 17.7. The minimum absolute atomic E-state index is 0.00162. The lowest BCUT2D eigenvalue weighted by Crippen LogP contribution is -2.84. The zero-order chi connectivity index (χ0) is 21.3. The average molecular weight is 402 g/mol. The van der Waals surface area contributed by atoms with Gasteiger partial charge in [-0.3, -0.25) is 9.59 Å². The van der Waals surface area contributed by atoms with Crippen molar-refractivity contribution in [2.75, 3.05) is 13.1 Å². The van der Waals surface area contributed by atoms with Crippen molar-refractivity contribution in [2.24, 2.45) is 0 Å². The summed E-state index contributed by atoms with van der Waals surface area (Å²) in [5, 5.41) is 5.60. The van der Waals surface area contributed by atoms with Crippen LogP contribution in [0.25, 0.3) is 0 Å². The highest BCUT2D eigenvalue weighted by Crippen LogP contribution is 2.63. The molecule has 7 nitrogen and oxygen atoms in total. The highest BCUT2D eigenvalue weighted by atomic mass is 16.6. The van der Waals surface area contributed by atoms with Crippen molar-refractivity contribution in [1.82, 2.24) is 15.5 Å². The number of carbonyl (C=O) groups is 3. The number of nitrogens with zero attached hydrogens (tertiary/aromatic N) is 1. The number of alkyl carbamates (subject to hydrolysis) is 1. The Kier molecular flexibility index (Phi) is 5.61. The first-order valence-corrected chi connectivity index (χ1v) is 10.1. The molecule has 1 aromatic carbocycles. The van der Waals surface area contributed by atoms with E-state index < -0.39 is 11.7 Å². The van der Waals surface area contributed by atoms with Crippen LogP contribution in [0.5, 0.6) is 0 Å². The Bertz CT molecular complexity index is 765. The van der Waals surface area contributed by atoms with Gasteiger partial charge in [-0.05, 0) is 52.0 Å². The predicted molar refractivity (Wildman–Crippen MR) is 109 cm³/mol. The third-order valence-corrected chi connectivity index (χ3v) is 5.60. The molecule has 0 aliphatic heterocycles. The van der Waals surface area contributed by atoms with Crippen LogP contribution in [-0.2, 0) is 20.7 Å². The second-order valence-electron chi connectivity index (χ2n) is 9.35. The van der Waals surface area contributed by atoms with E-state index in [0.717, 1.165) is 31.2 Å². The molecule has 0 saturated heterocycles. The van der Waals surface area contributed by atoms with Gasteiger partial charge in [0.1, 0.15) is 5.60 Å². The smallest absolute Gasteiger partial charge is 0.408 e. The average Bonchev–Trinajstić information content (AvgIpc) is 2.55. The van der Waals surface area contributed by atoms with Gasteiger partial charge in [-0.2, -0.15) is 0 Å². The van der Waals surface area contributed by atoms with Gasteiger partial charge < -0.3 is 20.3 Å². The van der Waals surface area contributed by atoms with Gasteiger partial charge in [-0.15, -0.1) is 0 Å². The molecule has 0 atom stereocenters. The summed E-state index contributed by atoms with van der Waals surface area (Å²) < 4.78 is 5.37. The molecular weight excluding hydrogens is 370 g/mol. The molecule has 0 radical (unpaired) electrons. The molecule has 2 bridgehead atoms. The summed E-state index contributed by atoms with van der Waals surface area (Å²) in [4.78, 5) is 38.1. The van der Waals surface area contributed by atoms with E-state index in [-0.39, 0.29) is 29.4 Å². The molecule has 3 aliphatic carbocycles. The Balaban J connectivity index is 1.61. The van der Waals surface area contributed by atoms with E-state index in [0.29, 0.717) is 6.54 Å². The Morgan fingerprint density at radius 3 is 2.28 bits per heavy atom. The van der Waals surface area contributed by atoms with Crippen LogP contribution in [0.4, 0.5) is 4.79 Å². The lowest BCUT2D eigenvalue weighted by atomic mass is 9.43. The molecule has 0 unspecified atom stereocenters. The highest BCUT2D eigenvalue weighted by molar-refractivity contribution is 5.85. The molecule has 29 heavy (non-hydrogen) atoms. The molecule has 3 aliphatic rings. The van der Waals surface area contributed by atoms with E-state index in [1.807, 2.05) is 56.0 Å².